The number of aromatic nitrogens is 3. The largest absolute Gasteiger partial charge is 0.462 e. The zero-order valence-electron chi connectivity index (χ0n) is 19.8. The van der Waals surface area contributed by atoms with Crippen LogP contribution in [0.2, 0.25) is 0 Å². The zero-order chi connectivity index (χ0) is 22.9. The minimum Gasteiger partial charge on any atom is -0.462 e. The summed E-state index contributed by atoms with van der Waals surface area (Å²) in [5, 5.41) is 8.69. The molecule has 8 heteroatoms. The molecule has 3 aromatic rings. The van der Waals surface area contributed by atoms with Gasteiger partial charge in [-0.3, -0.25) is 5.43 Å². The topological polar surface area (TPSA) is 90.5 Å². The van der Waals surface area contributed by atoms with E-state index >= 15 is 0 Å². The molecule has 0 radical (unpaired) electrons. The fraction of sp³-hybridized carbons (Fsp3) is 0.458. The highest BCUT2D eigenvalue weighted by Crippen LogP contribution is 2.24. The van der Waals surface area contributed by atoms with Crippen molar-refractivity contribution in [2.75, 3.05) is 43.6 Å². The molecule has 0 bridgehead atoms. The minimum absolute atomic E-state index is 0.372. The minimum atomic E-state index is 0.372. The van der Waals surface area contributed by atoms with Crippen LogP contribution in [0.1, 0.15) is 43.6 Å². The molecule has 0 spiro atoms. The third kappa shape index (κ3) is 5.97. The molecule has 32 heavy (non-hydrogen) atoms. The number of fused-ring (bicyclic) bond motifs is 1. The molecule has 3 rings (SSSR count). The first-order valence-corrected chi connectivity index (χ1v) is 11.3. The van der Waals surface area contributed by atoms with Crippen LogP contribution in [0.25, 0.3) is 10.9 Å². The molecule has 0 amide bonds. The molecule has 0 aliphatic rings. The normalized spacial score (nSPS) is 11.4. The van der Waals surface area contributed by atoms with Gasteiger partial charge in [0.15, 0.2) is 0 Å². The second-order valence-corrected chi connectivity index (χ2v) is 7.88. The van der Waals surface area contributed by atoms with E-state index in [0.29, 0.717) is 18.3 Å². The van der Waals surface area contributed by atoms with Gasteiger partial charge >= 0.3 is 6.01 Å². The van der Waals surface area contributed by atoms with E-state index in [0.717, 1.165) is 49.5 Å². The van der Waals surface area contributed by atoms with Crippen molar-refractivity contribution in [3.05, 3.63) is 41.2 Å². The van der Waals surface area contributed by atoms with Crippen LogP contribution in [0.4, 0.5) is 11.5 Å². The Hall–Kier alpha value is -3.13. The number of hydrazone groups is 1. The van der Waals surface area contributed by atoms with Crippen molar-refractivity contribution in [3.8, 4) is 6.01 Å². The Labute approximate surface area is 190 Å². The van der Waals surface area contributed by atoms with Gasteiger partial charge in [-0.1, -0.05) is 13.8 Å². The van der Waals surface area contributed by atoms with Gasteiger partial charge in [-0.15, -0.1) is 0 Å². The summed E-state index contributed by atoms with van der Waals surface area (Å²) in [5.41, 5.74) is 8.32. The first-order chi connectivity index (χ1) is 15.5. The van der Waals surface area contributed by atoms with Crippen LogP contribution in [0.5, 0.6) is 6.01 Å². The van der Waals surface area contributed by atoms with Crippen LogP contribution in [0, 0.1) is 13.8 Å². The number of anilines is 2. The Morgan fingerprint density at radius 2 is 1.91 bits per heavy atom. The molecule has 0 atom stereocenters. The van der Waals surface area contributed by atoms with Crippen LogP contribution >= 0.6 is 0 Å². The molecule has 172 valence electrons. The molecule has 0 aliphatic carbocycles. The van der Waals surface area contributed by atoms with Gasteiger partial charge in [0.2, 0.25) is 0 Å². The van der Waals surface area contributed by atoms with Crippen LogP contribution < -0.4 is 20.4 Å². The number of benzene rings is 1. The molecule has 0 saturated heterocycles. The van der Waals surface area contributed by atoms with Crippen molar-refractivity contribution >= 4 is 28.6 Å². The molecular weight excluding hydrogens is 402 g/mol. The second-order valence-electron chi connectivity index (χ2n) is 7.88. The number of aromatic amines is 1. The lowest BCUT2D eigenvalue weighted by Gasteiger charge is -2.23. The fourth-order valence-corrected chi connectivity index (χ4v) is 3.55. The smallest absolute Gasteiger partial charge is 0.319 e. The van der Waals surface area contributed by atoms with Crippen molar-refractivity contribution in [2.24, 2.45) is 5.10 Å². The van der Waals surface area contributed by atoms with Crippen LogP contribution in [-0.2, 0) is 0 Å². The third-order valence-electron chi connectivity index (χ3n) is 5.30. The Morgan fingerprint density at radius 3 is 2.62 bits per heavy atom. The molecule has 3 N–H and O–H groups in total. The van der Waals surface area contributed by atoms with E-state index in [1.165, 1.54) is 16.6 Å². The van der Waals surface area contributed by atoms with Crippen molar-refractivity contribution < 1.29 is 4.74 Å². The number of rotatable bonds is 12. The summed E-state index contributed by atoms with van der Waals surface area (Å²) in [4.78, 5) is 14.8. The van der Waals surface area contributed by atoms with Gasteiger partial charge < -0.3 is 19.9 Å². The first kappa shape index (κ1) is 23.5. The second kappa shape index (κ2) is 11.5. The maximum absolute atomic E-state index is 5.77. The van der Waals surface area contributed by atoms with Crippen LogP contribution in [0.3, 0.4) is 0 Å². The molecule has 0 unspecified atom stereocenters. The number of ether oxygens (including phenoxy) is 1. The number of nitrogens with zero attached hydrogens (tertiary/aromatic N) is 4. The SMILES string of the molecule is CCCN(CCC)c1cc(/C=N/Nc2ccc3[nH]c(C)c(C)c3c2)nc(OCCNC)n1. The van der Waals surface area contributed by atoms with E-state index in [4.69, 9.17) is 4.74 Å². The van der Waals surface area contributed by atoms with Crippen LogP contribution in [0.15, 0.2) is 29.4 Å². The maximum Gasteiger partial charge on any atom is 0.319 e. The van der Waals surface area contributed by atoms with Crippen LogP contribution in [-0.4, -0.2) is 54.5 Å². The number of aryl methyl sites for hydroxylation is 2. The van der Waals surface area contributed by atoms with E-state index in [2.05, 4.69) is 75.5 Å². The first-order valence-electron chi connectivity index (χ1n) is 11.3. The van der Waals surface area contributed by atoms with Gasteiger partial charge in [-0.2, -0.15) is 15.1 Å². The lowest BCUT2D eigenvalue weighted by Crippen LogP contribution is -2.26. The number of nitrogens with one attached hydrogen (secondary N) is 3. The zero-order valence-corrected chi connectivity index (χ0v) is 19.8. The maximum atomic E-state index is 5.77. The molecule has 1 aromatic carbocycles. The van der Waals surface area contributed by atoms with E-state index in [1.807, 2.05) is 19.2 Å². The molecule has 8 nitrogen and oxygen atoms in total. The van der Waals surface area contributed by atoms with Gasteiger partial charge in [0, 0.05) is 42.3 Å². The number of hydrogen-bond donors (Lipinski definition) is 3. The molecule has 0 aliphatic heterocycles. The van der Waals surface area contributed by atoms with Gasteiger partial charge in [0.25, 0.3) is 0 Å². The summed E-state index contributed by atoms with van der Waals surface area (Å²) in [6.45, 7) is 11.7. The molecule has 2 heterocycles. The summed E-state index contributed by atoms with van der Waals surface area (Å²) in [5.74, 6) is 0.865. The number of hydrogen-bond acceptors (Lipinski definition) is 7. The fourth-order valence-electron chi connectivity index (χ4n) is 3.55. The van der Waals surface area contributed by atoms with E-state index in [1.54, 1.807) is 6.21 Å². The highest BCUT2D eigenvalue weighted by atomic mass is 16.5. The number of H-pyrrole nitrogens is 1. The van der Waals surface area contributed by atoms with Gasteiger partial charge in [-0.25, -0.2) is 0 Å². The Balaban J connectivity index is 1.81. The predicted molar refractivity (Wildman–Crippen MR) is 133 cm³/mol. The van der Waals surface area contributed by atoms with Crippen molar-refractivity contribution in [3.63, 3.8) is 0 Å². The van der Waals surface area contributed by atoms with Gasteiger partial charge in [0.05, 0.1) is 17.6 Å². The average Bonchev–Trinajstić information content (AvgIpc) is 3.07. The molecule has 2 aromatic heterocycles. The average molecular weight is 438 g/mol. The Kier molecular flexibility index (Phi) is 8.44. The molecule has 0 saturated carbocycles. The van der Waals surface area contributed by atoms with E-state index < -0.39 is 0 Å². The molecule has 0 fully saturated rings. The summed E-state index contributed by atoms with van der Waals surface area (Å²) in [6, 6.07) is 8.52. The van der Waals surface area contributed by atoms with Crippen molar-refractivity contribution in [1.29, 1.82) is 0 Å². The Morgan fingerprint density at radius 1 is 1.12 bits per heavy atom. The lowest BCUT2D eigenvalue weighted by atomic mass is 10.1. The van der Waals surface area contributed by atoms with Crippen molar-refractivity contribution in [2.45, 2.75) is 40.5 Å². The predicted octanol–water partition coefficient (Wildman–Crippen LogP) is 4.25. The van der Waals surface area contributed by atoms with E-state index in [-0.39, 0.29) is 0 Å². The standard InChI is InChI=1S/C24H35N7O/c1-6-11-31(12-7-2)23-15-20(28-24(29-23)32-13-10-25-5)16-26-30-19-8-9-22-21(14-19)17(3)18(4)27-22/h8-9,14-16,25,27,30H,6-7,10-13H2,1-5H3/b26-16+. The summed E-state index contributed by atoms with van der Waals surface area (Å²) in [7, 11) is 1.89. The summed E-state index contributed by atoms with van der Waals surface area (Å²) >= 11 is 0. The highest BCUT2D eigenvalue weighted by molar-refractivity contribution is 5.87. The monoisotopic (exact) mass is 437 g/mol. The quantitative estimate of drug-likeness (QED) is 0.223. The summed E-state index contributed by atoms with van der Waals surface area (Å²) < 4.78 is 5.77. The number of likely N-dealkylation sites (N-methyl/N-ethyl adjacent to an activating group) is 1. The van der Waals surface area contributed by atoms with Crippen molar-refractivity contribution in [1.82, 2.24) is 20.3 Å². The summed E-state index contributed by atoms with van der Waals surface area (Å²) in [6.07, 6.45) is 3.81. The van der Waals surface area contributed by atoms with E-state index in [9.17, 15) is 0 Å². The third-order valence-corrected chi connectivity index (χ3v) is 5.30. The molecular formula is C24H35N7O. The Bertz CT molecular complexity index is 1040. The lowest BCUT2D eigenvalue weighted by molar-refractivity contribution is 0.293. The van der Waals surface area contributed by atoms with Gasteiger partial charge in [-0.05, 0) is 57.5 Å². The highest BCUT2D eigenvalue weighted by Gasteiger charge is 2.11. The van der Waals surface area contributed by atoms with Gasteiger partial charge in [0.1, 0.15) is 12.4 Å².